The molecule has 0 aliphatic heterocycles. The maximum absolute atomic E-state index is 13.1. The van der Waals surface area contributed by atoms with Gasteiger partial charge in [-0.05, 0) is 38.8 Å². The molecule has 7 heteroatoms. The Labute approximate surface area is 158 Å². The summed E-state index contributed by atoms with van der Waals surface area (Å²) in [5.41, 5.74) is 1.26. The number of benzene rings is 1. The molecule has 0 radical (unpaired) electrons. The van der Waals surface area contributed by atoms with E-state index in [2.05, 4.69) is 15.5 Å². The van der Waals surface area contributed by atoms with E-state index in [9.17, 15) is 9.59 Å². The summed E-state index contributed by atoms with van der Waals surface area (Å²) in [5.74, 6) is -0.171. The Morgan fingerprint density at radius 1 is 1.19 bits per heavy atom. The molecule has 3 rings (SSSR count). The number of carbonyl (C=O) groups is 1. The lowest BCUT2D eigenvalue weighted by Gasteiger charge is -2.20. The Hall–Kier alpha value is -2.96. The molecule has 1 amide bonds. The molecule has 0 saturated carbocycles. The largest absolute Gasteiger partial charge is 0.350 e. The third-order valence-electron chi connectivity index (χ3n) is 4.07. The minimum atomic E-state index is -0.377. The van der Waals surface area contributed by atoms with Crippen LogP contribution in [0.2, 0.25) is 0 Å². The molecule has 0 bridgehead atoms. The van der Waals surface area contributed by atoms with Crippen LogP contribution in [0.4, 0.5) is 0 Å². The van der Waals surface area contributed by atoms with Crippen molar-refractivity contribution in [2.24, 2.45) is 0 Å². The van der Waals surface area contributed by atoms with Crippen LogP contribution in [0, 0.1) is 0 Å². The third kappa shape index (κ3) is 3.92. The minimum Gasteiger partial charge on any atom is -0.350 e. The van der Waals surface area contributed by atoms with E-state index >= 15 is 0 Å². The van der Waals surface area contributed by atoms with Crippen molar-refractivity contribution in [1.82, 2.24) is 24.9 Å². The lowest BCUT2D eigenvalue weighted by atomic mass is 10.1. The molecule has 1 aromatic carbocycles. The van der Waals surface area contributed by atoms with Crippen LogP contribution in [0.5, 0.6) is 0 Å². The van der Waals surface area contributed by atoms with Gasteiger partial charge in [0.25, 0.3) is 5.56 Å². The lowest BCUT2D eigenvalue weighted by Crippen LogP contribution is -2.44. The Morgan fingerprint density at radius 2 is 1.85 bits per heavy atom. The number of carbonyl (C=O) groups excluding carboxylic acids is 1. The maximum atomic E-state index is 13.1. The van der Waals surface area contributed by atoms with Gasteiger partial charge in [0.05, 0.1) is 17.6 Å². The van der Waals surface area contributed by atoms with Crippen LogP contribution < -0.4 is 10.9 Å². The highest BCUT2D eigenvalue weighted by Gasteiger charge is 2.21. The summed E-state index contributed by atoms with van der Waals surface area (Å²) in [6.07, 6.45) is 1.67. The summed E-state index contributed by atoms with van der Waals surface area (Å²) in [7, 11) is 0. The number of hydrogen-bond acceptors (Lipinski definition) is 4. The van der Waals surface area contributed by atoms with Crippen molar-refractivity contribution in [1.29, 1.82) is 0 Å². The van der Waals surface area contributed by atoms with Crippen LogP contribution in [-0.2, 0) is 11.3 Å². The number of amides is 1. The highest BCUT2D eigenvalue weighted by atomic mass is 16.2. The van der Waals surface area contributed by atoms with E-state index in [1.54, 1.807) is 10.9 Å². The predicted octanol–water partition coefficient (Wildman–Crippen LogP) is 2.62. The van der Waals surface area contributed by atoms with E-state index in [1.807, 2.05) is 65.0 Å². The summed E-state index contributed by atoms with van der Waals surface area (Å²) in [6.45, 7) is 9.57. The number of nitrogens with zero attached hydrogens (tertiary/aromatic N) is 4. The van der Waals surface area contributed by atoms with Gasteiger partial charge in [0.15, 0.2) is 0 Å². The zero-order valence-electron chi connectivity index (χ0n) is 16.4. The van der Waals surface area contributed by atoms with E-state index < -0.39 is 0 Å². The van der Waals surface area contributed by atoms with E-state index in [1.165, 1.54) is 4.68 Å². The van der Waals surface area contributed by atoms with Crippen molar-refractivity contribution in [3.63, 3.8) is 0 Å². The number of rotatable bonds is 4. The molecule has 0 atom stereocenters. The highest BCUT2D eigenvalue weighted by Crippen LogP contribution is 2.22. The third-order valence-corrected chi connectivity index (χ3v) is 4.07. The average molecular weight is 367 g/mol. The fraction of sp³-hybridized carbons (Fsp3) is 0.400. The summed E-state index contributed by atoms with van der Waals surface area (Å²) in [6, 6.07) is 9.47. The number of hydrogen-bond donors (Lipinski definition) is 1. The molecule has 0 fully saturated rings. The first-order chi connectivity index (χ1) is 12.7. The molecule has 0 unspecified atom stereocenters. The number of para-hydroxylation sites is 1. The second-order valence-electron chi connectivity index (χ2n) is 7.96. The fourth-order valence-electron chi connectivity index (χ4n) is 2.99. The van der Waals surface area contributed by atoms with E-state index in [4.69, 9.17) is 0 Å². The molecule has 142 valence electrons. The minimum absolute atomic E-state index is 0.0819. The fourth-order valence-corrected chi connectivity index (χ4v) is 2.99. The molecule has 0 aliphatic rings. The molecule has 1 N–H and O–H groups in total. The zero-order valence-corrected chi connectivity index (χ0v) is 16.4. The average Bonchev–Trinajstić information content (AvgIpc) is 3.01. The van der Waals surface area contributed by atoms with Gasteiger partial charge in [0.2, 0.25) is 5.91 Å². The molecule has 2 heterocycles. The number of nitrogens with one attached hydrogen (secondary N) is 1. The smallest absolute Gasteiger partial charge is 0.293 e. The van der Waals surface area contributed by atoms with E-state index in [0.717, 1.165) is 11.4 Å². The predicted molar refractivity (Wildman–Crippen MR) is 105 cm³/mol. The normalized spacial score (nSPS) is 11.9. The summed E-state index contributed by atoms with van der Waals surface area (Å²) in [5, 5.41) is 12.5. The second kappa shape index (κ2) is 6.98. The Balaban J connectivity index is 2.17. The van der Waals surface area contributed by atoms with Crippen molar-refractivity contribution < 1.29 is 4.79 Å². The highest BCUT2D eigenvalue weighted by molar-refractivity contribution is 5.82. The monoisotopic (exact) mass is 367 g/mol. The second-order valence-corrected chi connectivity index (χ2v) is 7.96. The van der Waals surface area contributed by atoms with Crippen LogP contribution in [0.3, 0.4) is 0 Å². The van der Waals surface area contributed by atoms with Crippen LogP contribution in [0.25, 0.3) is 16.6 Å². The van der Waals surface area contributed by atoms with Gasteiger partial charge in [-0.25, -0.2) is 9.36 Å². The van der Waals surface area contributed by atoms with Gasteiger partial charge in [-0.3, -0.25) is 9.59 Å². The zero-order chi connectivity index (χ0) is 19.8. The van der Waals surface area contributed by atoms with E-state index in [0.29, 0.717) is 10.9 Å². The van der Waals surface area contributed by atoms with Gasteiger partial charge in [0.1, 0.15) is 12.1 Å². The molecular formula is C20H25N5O2. The Kier molecular flexibility index (Phi) is 4.87. The van der Waals surface area contributed by atoms with Crippen LogP contribution in [0.1, 0.15) is 46.2 Å². The molecule has 27 heavy (non-hydrogen) atoms. The standard InChI is InChI=1S/C20H25N5O2/c1-13(2)17-15-11-21-25(14-9-7-6-8-10-14)18(15)19(27)24(23-17)12-16(26)22-20(3,4)5/h6-11,13H,12H2,1-5H3,(H,22,26). The topological polar surface area (TPSA) is 81.8 Å². The van der Waals surface area contributed by atoms with Crippen LogP contribution in [-0.4, -0.2) is 31.0 Å². The summed E-state index contributed by atoms with van der Waals surface area (Å²) < 4.78 is 2.85. The van der Waals surface area contributed by atoms with Gasteiger partial charge >= 0.3 is 0 Å². The SMILES string of the molecule is CC(C)c1nn(CC(=O)NC(C)(C)C)c(=O)c2c1cnn2-c1ccccc1. The lowest BCUT2D eigenvalue weighted by molar-refractivity contribution is -0.123. The molecular weight excluding hydrogens is 342 g/mol. The van der Waals surface area contributed by atoms with Gasteiger partial charge in [-0.15, -0.1) is 0 Å². The molecule has 2 aromatic heterocycles. The summed E-state index contributed by atoms with van der Waals surface area (Å²) in [4.78, 5) is 25.5. The van der Waals surface area contributed by atoms with Gasteiger partial charge in [-0.2, -0.15) is 10.2 Å². The molecule has 0 saturated heterocycles. The first kappa shape index (κ1) is 18.8. The Morgan fingerprint density at radius 3 is 2.44 bits per heavy atom. The Bertz CT molecular complexity index is 1030. The van der Waals surface area contributed by atoms with Crippen molar-refractivity contribution in [2.75, 3.05) is 0 Å². The summed E-state index contributed by atoms with van der Waals surface area (Å²) >= 11 is 0. The quantitative estimate of drug-likeness (QED) is 0.768. The van der Waals surface area contributed by atoms with Crippen LogP contribution in [0.15, 0.2) is 41.3 Å². The van der Waals surface area contributed by atoms with Gasteiger partial charge in [-0.1, -0.05) is 32.0 Å². The maximum Gasteiger partial charge on any atom is 0.293 e. The molecule has 0 aliphatic carbocycles. The van der Waals surface area contributed by atoms with E-state index in [-0.39, 0.29) is 29.5 Å². The first-order valence-corrected chi connectivity index (χ1v) is 9.02. The van der Waals surface area contributed by atoms with Crippen LogP contribution >= 0.6 is 0 Å². The van der Waals surface area contributed by atoms with Crippen molar-refractivity contribution in [3.8, 4) is 5.69 Å². The number of fused-ring (bicyclic) bond motifs is 1. The van der Waals surface area contributed by atoms with Crippen molar-refractivity contribution in [3.05, 3.63) is 52.6 Å². The number of aromatic nitrogens is 4. The molecule has 3 aromatic rings. The van der Waals surface area contributed by atoms with Crippen molar-refractivity contribution >= 4 is 16.8 Å². The van der Waals surface area contributed by atoms with Crippen molar-refractivity contribution in [2.45, 2.75) is 52.6 Å². The van der Waals surface area contributed by atoms with Gasteiger partial charge < -0.3 is 5.32 Å². The molecule has 7 nitrogen and oxygen atoms in total. The van der Waals surface area contributed by atoms with Gasteiger partial charge in [0, 0.05) is 10.9 Å². The first-order valence-electron chi connectivity index (χ1n) is 9.02. The molecule has 0 spiro atoms.